The zero-order valence-electron chi connectivity index (χ0n) is 8.99. The van der Waals surface area contributed by atoms with Crippen LogP contribution in [0.1, 0.15) is 19.8 Å². The first-order valence-electron chi connectivity index (χ1n) is 5.29. The van der Waals surface area contributed by atoms with Crippen LogP contribution in [0, 0.1) is 5.92 Å². The van der Waals surface area contributed by atoms with Crippen LogP contribution in [0.3, 0.4) is 0 Å². The Balaban J connectivity index is 2.45. The zero-order chi connectivity index (χ0) is 10.6. The fourth-order valence-electron chi connectivity index (χ4n) is 1.91. The summed E-state index contributed by atoms with van der Waals surface area (Å²) in [6.07, 6.45) is 1.43. The molecule has 0 aliphatic carbocycles. The maximum absolute atomic E-state index is 11.5. The molecule has 0 aromatic rings. The van der Waals surface area contributed by atoms with Crippen LogP contribution in [0.15, 0.2) is 0 Å². The molecule has 0 aromatic carbocycles. The Morgan fingerprint density at radius 3 is 2.93 bits per heavy atom. The van der Waals surface area contributed by atoms with E-state index in [1.807, 2.05) is 4.90 Å². The predicted octanol–water partition coefficient (Wildman–Crippen LogP) is -0.175. The first-order valence-corrected chi connectivity index (χ1v) is 5.29. The molecule has 14 heavy (non-hydrogen) atoms. The Labute approximate surface area is 85.3 Å². The third-order valence-electron chi connectivity index (χ3n) is 2.90. The maximum Gasteiger partial charge on any atom is 0.236 e. The third kappa shape index (κ3) is 2.69. The van der Waals surface area contributed by atoms with E-state index < -0.39 is 0 Å². The van der Waals surface area contributed by atoms with Crippen LogP contribution < -0.4 is 5.32 Å². The van der Waals surface area contributed by atoms with Gasteiger partial charge < -0.3 is 15.3 Å². The minimum Gasteiger partial charge on any atom is -0.393 e. The van der Waals surface area contributed by atoms with Gasteiger partial charge in [-0.3, -0.25) is 4.79 Å². The summed E-state index contributed by atoms with van der Waals surface area (Å²) < 4.78 is 0. The Bertz CT molecular complexity index is 197. The van der Waals surface area contributed by atoms with Gasteiger partial charge in [0, 0.05) is 19.0 Å². The lowest BCUT2D eigenvalue weighted by molar-refractivity contribution is -0.133. The average Bonchev–Trinajstić information content (AvgIpc) is 2.19. The highest BCUT2D eigenvalue weighted by atomic mass is 16.3. The van der Waals surface area contributed by atoms with E-state index in [1.54, 1.807) is 7.05 Å². The Kier molecular flexibility index (Phi) is 4.35. The maximum atomic E-state index is 11.5. The molecule has 1 fully saturated rings. The number of rotatable bonds is 3. The molecule has 1 aliphatic rings. The number of carbonyl (C=O) groups is 1. The number of nitrogens with one attached hydrogen (secondary N) is 1. The number of hydrogen-bond acceptors (Lipinski definition) is 3. The van der Waals surface area contributed by atoms with Gasteiger partial charge in [-0.2, -0.15) is 0 Å². The van der Waals surface area contributed by atoms with E-state index in [-0.39, 0.29) is 17.9 Å². The topological polar surface area (TPSA) is 52.6 Å². The van der Waals surface area contributed by atoms with Gasteiger partial charge in [0.05, 0.1) is 12.6 Å². The second-order valence-electron chi connectivity index (χ2n) is 3.89. The lowest BCUT2D eigenvalue weighted by atomic mass is 9.92. The normalized spacial score (nSPS) is 27.8. The molecule has 0 saturated carbocycles. The van der Waals surface area contributed by atoms with Gasteiger partial charge in [-0.1, -0.05) is 6.92 Å². The van der Waals surface area contributed by atoms with Crippen molar-refractivity contribution in [2.45, 2.75) is 25.9 Å². The average molecular weight is 200 g/mol. The molecule has 0 unspecified atom stereocenters. The number of piperidine rings is 1. The summed E-state index contributed by atoms with van der Waals surface area (Å²) in [6.45, 7) is 3.85. The summed E-state index contributed by atoms with van der Waals surface area (Å²) in [5.41, 5.74) is 0. The molecule has 2 N–H and O–H groups in total. The van der Waals surface area contributed by atoms with Gasteiger partial charge in [0.15, 0.2) is 0 Å². The molecule has 1 heterocycles. The number of likely N-dealkylation sites (tertiary alicyclic amines) is 1. The number of likely N-dealkylation sites (N-methyl/N-ethyl adjacent to an activating group) is 1. The molecule has 1 saturated heterocycles. The molecule has 1 rings (SSSR count). The SMILES string of the molecule is CC[C@H]1CN(C(=O)CNC)CC[C@H]1O. The zero-order valence-corrected chi connectivity index (χ0v) is 8.99. The van der Waals surface area contributed by atoms with Crippen LogP contribution >= 0.6 is 0 Å². The molecule has 1 aliphatic heterocycles. The summed E-state index contributed by atoms with van der Waals surface area (Å²) in [5.74, 6) is 0.391. The lowest BCUT2D eigenvalue weighted by Crippen LogP contribution is -2.48. The summed E-state index contributed by atoms with van der Waals surface area (Å²) in [4.78, 5) is 13.4. The van der Waals surface area contributed by atoms with Crippen molar-refractivity contribution in [2.24, 2.45) is 5.92 Å². The minimum absolute atomic E-state index is 0.137. The molecular weight excluding hydrogens is 180 g/mol. The second-order valence-corrected chi connectivity index (χ2v) is 3.89. The van der Waals surface area contributed by atoms with Gasteiger partial charge in [-0.25, -0.2) is 0 Å². The fourth-order valence-corrected chi connectivity index (χ4v) is 1.91. The van der Waals surface area contributed by atoms with E-state index >= 15 is 0 Å². The van der Waals surface area contributed by atoms with Crippen molar-refractivity contribution in [3.8, 4) is 0 Å². The quantitative estimate of drug-likeness (QED) is 0.665. The minimum atomic E-state index is -0.223. The van der Waals surface area contributed by atoms with E-state index in [2.05, 4.69) is 12.2 Å². The summed E-state index contributed by atoms with van der Waals surface area (Å²) >= 11 is 0. The predicted molar refractivity (Wildman–Crippen MR) is 54.9 cm³/mol. The Morgan fingerprint density at radius 1 is 1.64 bits per heavy atom. The molecule has 0 spiro atoms. The standard InChI is InChI=1S/C10H20N2O2/c1-3-8-7-12(5-4-9(8)13)10(14)6-11-2/h8-9,11,13H,3-7H2,1-2H3/t8-,9+/m0/s1. The van der Waals surface area contributed by atoms with Crippen molar-refractivity contribution < 1.29 is 9.90 Å². The summed E-state index contributed by atoms with van der Waals surface area (Å²) in [5, 5.41) is 12.5. The van der Waals surface area contributed by atoms with E-state index in [0.717, 1.165) is 6.42 Å². The highest BCUT2D eigenvalue weighted by Gasteiger charge is 2.28. The lowest BCUT2D eigenvalue weighted by Gasteiger charge is -2.35. The van der Waals surface area contributed by atoms with Gasteiger partial charge in [0.2, 0.25) is 5.91 Å². The second kappa shape index (κ2) is 5.32. The van der Waals surface area contributed by atoms with Gasteiger partial charge in [0.25, 0.3) is 0 Å². The van der Waals surface area contributed by atoms with Gasteiger partial charge in [0.1, 0.15) is 0 Å². The first kappa shape index (κ1) is 11.5. The van der Waals surface area contributed by atoms with Crippen molar-refractivity contribution in [3.05, 3.63) is 0 Å². The molecule has 4 heteroatoms. The monoisotopic (exact) mass is 200 g/mol. The molecule has 1 amide bonds. The van der Waals surface area contributed by atoms with Crippen LogP contribution in [0.4, 0.5) is 0 Å². The number of nitrogens with zero attached hydrogens (tertiary/aromatic N) is 1. The van der Waals surface area contributed by atoms with Crippen LogP contribution in [0.2, 0.25) is 0 Å². The van der Waals surface area contributed by atoms with Crippen molar-refractivity contribution in [3.63, 3.8) is 0 Å². The van der Waals surface area contributed by atoms with Crippen molar-refractivity contribution in [1.82, 2.24) is 10.2 Å². The first-order chi connectivity index (χ1) is 6.69. The van der Waals surface area contributed by atoms with Crippen LogP contribution in [0.25, 0.3) is 0 Å². The largest absolute Gasteiger partial charge is 0.393 e. The van der Waals surface area contributed by atoms with Crippen LogP contribution in [0.5, 0.6) is 0 Å². The van der Waals surface area contributed by atoms with E-state index in [9.17, 15) is 9.90 Å². The molecule has 2 atom stereocenters. The number of amides is 1. The smallest absolute Gasteiger partial charge is 0.236 e. The van der Waals surface area contributed by atoms with Gasteiger partial charge in [-0.05, 0) is 19.9 Å². The summed E-state index contributed by atoms with van der Waals surface area (Å²) in [6, 6.07) is 0. The molecule has 0 aromatic heterocycles. The van der Waals surface area contributed by atoms with E-state index in [0.29, 0.717) is 26.1 Å². The van der Waals surface area contributed by atoms with Gasteiger partial charge in [-0.15, -0.1) is 0 Å². The van der Waals surface area contributed by atoms with Crippen molar-refractivity contribution >= 4 is 5.91 Å². The molecule has 0 radical (unpaired) electrons. The molecule has 0 bridgehead atoms. The van der Waals surface area contributed by atoms with Crippen molar-refractivity contribution in [1.29, 1.82) is 0 Å². The van der Waals surface area contributed by atoms with Crippen LogP contribution in [-0.2, 0) is 4.79 Å². The van der Waals surface area contributed by atoms with Crippen LogP contribution in [-0.4, -0.2) is 48.7 Å². The number of aliphatic hydroxyl groups excluding tert-OH is 1. The van der Waals surface area contributed by atoms with Crippen molar-refractivity contribution in [2.75, 3.05) is 26.7 Å². The van der Waals surface area contributed by atoms with E-state index in [4.69, 9.17) is 0 Å². The summed E-state index contributed by atoms with van der Waals surface area (Å²) in [7, 11) is 1.77. The Morgan fingerprint density at radius 2 is 2.36 bits per heavy atom. The fraction of sp³-hybridized carbons (Fsp3) is 0.900. The highest BCUT2D eigenvalue weighted by molar-refractivity contribution is 5.78. The molecular formula is C10H20N2O2. The number of carbonyl (C=O) groups excluding carboxylic acids is 1. The third-order valence-corrected chi connectivity index (χ3v) is 2.90. The highest BCUT2D eigenvalue weighted by Crippen LogP contribution is 2.19. The number of aliphatic hydroxyl groups is 1. The van der Waals surface area contributed by atoms with Gasteiger partial charge >= 0.3 is 0 Å². The Hall–Kier alpha value is -0.610. The molecule has 4 nitrogen and oxygen atoms in total. The number of hydrogen-bond donors (Lipinski definition) is 2. The van der Waals surface area contributed by atoms with E-state index in [1.165, 1.54) is 0 Å². The molecule has 82 valence electrons.